The molecule has 4 rings (SSSR count). The van der Waals surface area contributed by atoms with Crippen molar-refractivity contribution in [3.63, 3.8) is 0 Å². The number of nitriles is 1. The zero-order chi connectivity index (χ0) is 21.6. The molecule has 0 N–H and O–H groups in total. The number of anilines is 1. The maximum atomic E-state index is 14.7. The Labute approximate surface area is 176 Å². The molecular weight excluding hydrogens is 379 g/mol. The summed E-state index contributed by atoms with van der Waals surface area (Å²) < 4.78 is 20.8. The van der Waals surface area contributed by atoms with Crippen LogP contribution in [0.1, 0.15) is 37.3 Å². The van der Waals surface area contributed by atoms with Crippen LogP contribution in [-0.4, -0.2) is 43.1 Å². The van der Waals surface area contributed by atoms with Gasteiger partial charge >= 0.3 is 0 Å². The smallest absolute Gasteiger partial charge is 0.232 e. The van der Waals surface area contributed by atoms with Gasteiger partial charge in [-0.2, -0.15) is 5.26 Å². The van der Waals surface area contributed by atoms with Gasteiger partial charge in [-0.05, 0) is 52.4 Å². The largest absolute Gasteiger partial charge is 0.435 e. The molecule has 30 heavy (non-hydrogen) atoms. The number of alkyl halides is 1. The zero-order valence-electron chi connectivity index (χ0n) is 18.2. The van der Waals surface area contributed by atoms with Crippen molar-refractivity contribution in [2.75, 3.05) is 32.1 Å². The van der Waals surface area contributed by atoms with Gasteiger partial charge in [0.05, 0.1) is 11.3 Å². The highest BCUT2D eigenvalue weighted by atomic mass is 19.1. The summed E-state index contributed by atoms with van der Waals surface area (Å²) >= 11 is 0. The van der Waals surface area contributed by atoms with Crippen LogP contribution in [0.25, 0.3) is 22.2 Å². The fraction of sp³-hybridized carbons (Fsp3) is 0.417. The SMILES string of the molecule is Cc1c(-c2ccccc2)c(N2CC[C@H](N(C)C)C2)c2oc(C(C)(C)F)nc2c1C#N. The molecule has 1 aromatic heterocycles. The van der Waals surface area contributed by atoms with Crippen LogP contribution in [0.4, 0.5) is 10.1 Å². The van der Waals surface area contributed by atoms with Gasteiger partial charge in [-0.1, -0.05) is 30.3 Å². The average molecular weight is 407 g/mol. The van der Waals surface area contributed by atoms with Gasteiger partial charge in [0.15, 0.2) is 11.3 Å². The lowest BCUT2D eigenvalue weighted by molar-refractivity contribution is 0.174. The second-order valence-corrected chi connectivity index (χ2v) is 8.72. The third kappa shape index (κ3) is 3.33. The molecule has 6 heteroatoms. The van der Waals surface area contributed by atoms with Crippen LogP contribution in [0, 0.1) is 18.3 Å². The summed E-state index contributed by atoms with van der Waals surface area (Å²) in [4.78, 5) is 8.96. The van der Waals surface area contributed by atoms with Gasteiger partial charge in [-0.3, -0.25) is 0 Å². The highest BCUT2D eigenvalue weighted by molar-refractivity contribution is 6.02. The van der Waals surface area contributed by atoms with E-state index >= 15 is 0 Å². The summed E-state index contributed by atoms with van der Waals surface area (Å²) in [6.45, 7) is 6.48. The monoisotopic (exact) mass is 406 g/mol. The van der Waals surface area contributed by atoms with Gasteiger partial charge in [0, 0.05) is 24.7 Å². The predicted octanol–water partition coefficient (Wildman–Crippen LogP) is 5.02. The van der Waals surface area contributed by atoms with Crippen molar-refractivity contribution in [2.24, 2.45) is 0 Å². The van der Waals surface area contributed by atoms with E-state index in [2.05, 4.69) is 34.9 Å². The molecule has 1 atom stereocenters. The molecule has 0 bridgehead atoms. The van der Waals surface area contributed by atoms with Crippen LogP contribution < -0.4 is 4.90 Å². The van der Waals surface area contributed by atoms with Gasteiger partial charge in [0.2, 0.25) is 5.89 Å². The van der Waals surface area contributed by atoms with Crippen molar-refractivity contribution in [1.82, 2.24) is 9.88 Å². The topological polar surface area (TPSA) is 56.3 Å². The standard InChI is InChI=1S/C24H27FN4O/c1-15-18(13-26)20-22(30-23(27-20)24(2,3)25)21(19(15)16-9-7-6-8-10-16)29-12-11-17(14-29)28(4)5/h6-10,17H,11-12,14H2,1-5H3/t17-/m0/s1. The number of oxazole rings is 1. The van der Waals surface area contributed by atoms with Crippen molar-refractivity contribution in [2.45, 2.75) is 38.9 Å². The van der Waals surface area contributed by atoms with E-state index in [4.69, 9.17) is 4.42 Å². The number of halogens is 1. The summed E-state index contributed by atoms with van der Waals surface area (Å²) in [5, 5.41) is 9.93. The predicted molar refractivity (Wildman–Crippen MR) is 117 cm³/mol. The van der Waals surface area contributed by atoms with Crippen LogP contribution in [-0.2, 0) is 5.67 Å². The average Bonchev–Trinajstić information content (AvgIpc) is 3.35. The Balaban J connectivity index is 2.05. The van der Waals surface area contributed by atoms with Crippen molar-refractivity contribution < 1.29 is 8.81 Å². The minimum absolute atomic E-state index is 0.00298. The number of hydrogen-bond donors (Lipinski definition) is 0. The van der Waals surface area contributed by atoms with E-state index in [1.165, 1.54) is 13.8 Å². The van der Waals surface area contributed by atoms with E-state index in [0.29, 0.717) is 22.7 Å². The van der Waals surface area contributed by atoms with E-state index in [1.54, 1.807) is 0 Å². The Kier molecular flexibility index (Phi) is 5.03. The minimum Gasteiger partial charge on any atom is -0.435 e. The first-order valence-electron chi connectivity index (χ1n) is 10.3. The number of benzene rings is 2. The van der Waals surface area contributed by atoms with Crippen LogP contribution in [0.5, 0.6) is 0 Å². The Hall–Kier alpha value is -2.91. The Bertz CT molecular complexity index is 1120. The summed E-state index contributed by atoms with van der Waals surface area (Å²) in [6, 6.07) is 12.7. The molecule has 0 amide bonds. The van der Waals surface area contributed by atoms with Crippen molar-refractivity contribution in [3.05, 3.63) is 47.3 Å². The molecule has 2 heterocycles. The first-order chi connectivity index (χ1) is 14.2. The summed E-state index contributed by atoms with van der Waals surface area (Å²) in [6.07, 6.45) is 1.03. The third-order valence-electron chi connectivity index (χ3n) is 5.96. The summed E-state index contributed by atoms with van der Waals surface area (Å²) in [7, 11) is 4.17. The van der Waals surface area contributed by atoms with Crippen LogP contribution in [0.15, 0.2) is 34.7 Å². The molecule has 0 spiro atoms. The lowest BCUT2D eigenvalue weighted by atomic mass is 9.93. The zero-order valence-corrected chi connectivity index (χ0v) is 18.2. The third-order valence-corrected chi connectivity index (χ3v) is 5.96. The first kappa shape index (κ1) is 20.4. The number of fused-ring (bicyclic) bond motifs is 1. The Morgan fingerprint density at radius 3 is 2.53 bits per heavy atom. The lowest BCUT2D eigenvalue weighted by Crippen LogP contribution is -2.31. The molecule has 156 valence electrons. The second kappa shape index (κ2) is 7.41. The molecule has 1 aliphatic rings. The molecule has 3 aromatic rings. The van der Waals surface area contributed by atoms with E-state index in [-0.39, 0.29) is 5.89 Å². The second-order valence-electron chi connectivity index (χ2n) is 8.72. The Morgan fingerprint density at radius 2 is 1.97 bits per heavy atom. The highest BCUT2D eigenvalue weighted by Crippen LogP contribution is 2.45. The normalized spacial score (nSPS) is 17.1. The molecule has 1 aliphatic heterocycles. The van der Waals surface area contributed by atoms with Gasteiger partial charge in [-0.15, -0.1) is 0 Å². The lowest BCUT2D eigenvalue weighted by Gasteiger charge is -2.25. The first-order valence-corrected chi connectivity index (χ1v) is 10.3. The number of nitrogens with zero attached hydrogens (tertiary/aromatic N) is 4. The molecule has 1 fully saturated rings. The van der Waals surface area contributed by atoms with E-state index in [9.17, 15) is 9.65 Å². The van der Waals surface area contributed by atoms with E-state index in [1.807, 2.05) is 37.3 Å². The van der Waals surface area contributed by atoms with Gasteiger partial charge < -0.3 is 14.2 Å². The summed E-state index contributed by atoms with van der Waals surface area (Å²) in [5.41, 5.74) is 3.36. The molecule has 0 radical (unpaired) electrons. The fourth-order valence-electron chi connectivity index (χ4n) is 4.26. The van der Waals surface area contributed by atoms with Gasteiger partial charge in [0.25, 0.3) is 0 Å². The van der Waals surface area contributed by atoms with Crippen molar-refractivity contribution >= 4 is 16.8 Å². The number of aromatic nitrogens is 1. The maximum absolute atomic E-state index is 14.7. The fourth-order valence-corrected chi connectivity index (χ4v) is 4.26. The molecule has 2 aromatic carbocycles. The molecule has 5 nitrogen and oxygen atoms in total. The quantitative estimate of drug-likeness (QED) is 0.609. The van der Waals surface area contributed by atoms with E-state index < -0.39 is 5.67 Å². The maximum Gasteiger partial charge on any atom is 0.232 e. The minimum atomic E-state index is -1.74. The Morgan fingerprint density at radius 1 is 1.27 bits per heavy atom. The van der Waals surface area contributed by atoms with E-state index in [0.717, 1.165) is 41.9 Å². The molecule has 0 unspecified atom stereocenters. The molecule has 1 saturated heterocycles. The van der Waals surface area contributed by atoms with Crippen molar-refractivity contribution in [3.8, 4) is 17.2 Å². The van der Waals surface area contributed by atoms with Gasteiger partial charge in [-0.25, -0.2) is 9.37 Å². The number of hydrogen-bond acceptors (Lipinski definition) is 5. The van der Waals surface area contributed by atoms with Crippen molar-refractivity contribution in [1.29, 1.82) is 5.26 Å². The highest BCUT2D eigenvalue weighted by Gasteiger charge is 2.34. The molecular formula is C24H27FN4O. The molecule has 0 saturated carbocycles. The van der Waals surface area contributed by atoms with Crippen LogP contribution in [0.3, 0.4) is 0 Å². The van der Waals surface area contributed by atoms with Crippen LogP contribution in [0.2, 0.25) is 0 Å². The van der Waals surface area contributed by atoms with Gasteiger partial charge in [0.1, 0.15) is 11.6 Å². The summed E-state index contributed by atoms with van der Waals surface area (Å²) in [5.74, 6) is 0.00298. The number of rotatable bonds is 4. The molecule has 0 aliphatic carbocycles. The van der Waals surface area contributed by atoms with Crippen LogP contribution >= 0.6 is 0 Å². The number of likely N-dealkylation sites (N-methyl/N-ethyl adjacent to an activating group) is 1.